The zero-order chi connectivity index (χ0) is 7.72. The second-order valence-corrected chi connectivity index (χ2v) is 2.06. The van der Waals surface area contributed by atoms with Crippen molar-refractivity contribution in [1.82, 2.24) is 0 Å². The van der Waals surface area contributed by atoms with E-state index in [1.165, 1.54) is 4.57 Å². The van der Waals surface area contributed by atoms with Crippen LogP contribution < -0.4 is 4.57 Å². The van der Waals surface area contributed by atoms with E-state index in [2.05, 4.69) is 0 Å². The van der Waals surface area contributed by atoms with Gasteiger partial charge in [0.25, 0.3) is 0 Å². The van der Waals surface area contributed by atoms with Crippen LogP contribution in [0.4, 0.5) is 0 Å². The second-order valence-electron chi connectivity index (χ2n) is 2.06. The van der Waals surface area contributed by atoms with E-state index in [0.717, 1.165) is 0 Å². The van der Waals surface area contributed by atoms with Gasteiger partial charge in [-0.2, -0.15) is 4.57 Å². The first-order valence-corrected chi connectivity index (χ1v) is 2.80. The molecule has 0 aromatic carbocycles. The number of aromatic nitrogens is 1. The minimum atomic E-state index is -1.05. The van der Waals surface area contributed by atoms with Crippen LogP contribution in [0.15, 0.2) is 10.6 Å². The summed E-state index contributed by atoms with van der Waals surface area (Å²) in [5, 5.41) is 8.46. The quantitative estimate of drug-likeness (QED) is 0.566. The Balaban J connectivity index is 3.15. The van der Waals surface area contributed by atoms with Gasteiger partial charge >= 0.3 is 11.9 Å². The topological polar surface area (TPSA) is 54.3 Å². The molecular weight excluding hydrogens is 134 g/mol. The summed E-state index contributed by atoms with van der Waals surface area (Å²) >= 11 is 0. The molecule has 0 atom stereocenters. The van der Waals surface area contributed by atoms with Gasteiger partial charge in [0.1, 0.15) is 7.05 Å². The van der Waals surface area contributed by atoms with Crippen molar-refractivity contribution >= 4 is 5.97 Å². The molecule has 10 heavy (non-hydrogen) atoms. The van der Waals surface area contributed by atoms with Crippen LogP contribution in [0, 0.1) is 6.92 Å². The van der Waals surface area contributed by atoms with Crippen LogP contribution >= 0.6 is 0 Å². The molecule has 0 spiro atoms. The summed E-state index contributed by atoms with van der Waals surface area (Å²) in [7, 11) is 1.62. The van der Waals surface area contributed by atoms with E-state index in [9.17, 15) is 4.79 Å². The SMILES string of the molecule is Cc1c[n+](C)c(C(=O)O)o1. The number of aryl methyl sites for hydroxylation is 2. The largest absolute Gasteiger partial charge is 0.471 e. The Labute approximate surface area is 57.7 Å². The molecule has 0 radical (unpaired) electrons. The van der Waals surface area contributed by atoms with Gasteiger partial charge in [-0.3, -0.25) is 0 Å². The van der Waals surface area contributed by atoms with Gasteiger partial charge in [-0.1, -0.05) is 0 Å². The van der Waals surface area contributed by atoms with E-state index >= 15 is 0 Å². The van der Waals surface area contributed by atoms with E-state index < -0.39 is 5.97 Å². The summed E-state index contributed by atoms with van der Waals surface area (Å²) in [6.07, 6.45) is 1.61. The van der Waals surface area contributed by atoms with Crippen LogP contribution in [0.25, 0.3) is 0 Å². The van der Waals surface area contributed by atoms with E-state index in [1.54, 1.807) is 20.2 Å². The fourth-order valence-electron chi connectivity index (χ4n) is 0.777. The van der Waals surface area contributed by atoms with Crippen molar-refractivity contribution < 1.29 is 18.9 Å². The van der Waals surface area contributed by atoms with Gasteiger partial charge in [0, 0.05) is 6.92 Å². The normalized spacial score (nSPS) is 9.80. The van der Waals surface area contributed by atoms with E-state index in [1.807, 2.05) is 0 Å². The zero-order valence-electron chi connectivity index (χ0n) is 5.79. The van der Waals surface area contributed by atoms with Crippen molar-refractivity contribution in [2.24, 2.45) is 7.05 Å². The number of rotatable bonds is 1. The third-order valence-corrected chi connectivity index (χ3v) is 1.14. The molecule has 0 bridgehead atoms. The first-order chi connectivity index (χ1) is 4.61. The number of carboxylic acids is 1. The minimum absolute atomic E-state index is 0.0440. The number of nitrogens with zero attached hydrogens (tertiary/aromatic N) is 1. The fraction of sp³-hybridized carbons (Fsp3) is 0.333. The standard InChI is InChI=1S/C6H7NO3/c1-4-3-7(2)5(10-4)6(8)9/h3H,1-2H3/p+1. The molecule has 0 saturated carbocycles. The number of hydrogen-bond acceptors (Lipinski definition) is 2. The van der Waals surface area contributed by atoms with Crippen LogP contribution in [0.2, 0.25) is 0 Å². The zero-order valence-corrected chi connectivity index (χ0v) is 5.79. The van der Waals surface area contributed by atoms with Crippen molar-refractivity contribution in [3.8, 4) is 0 Å². The molecule has 4 heteroatoms. The Bertz CT molecular complexity index is 264. The lowest BCUT2D eigenvalue weighted by Gasteiger charge is -1.79. The summed E-state index contributed by atoms with van der Waals surface area (Å²) in [6, 6.07) is 0. The minimum Gasteiger partial charge on any atom is -0.471 e. The fourth-order valence-corrected chi connectivity index (χ4v) is 0.777. The highest BCUT2D eigenvalue weighted by Crippen LogP contribution is 1.97. The Kier molecular flexibility index (Phi) is 1.45. The van der Waals surface area contributed by atoms with Crippen molar-refractivity contribution in [2.45, 2.75) is 6.92 Å². The molecule has 4 nitrogen and oxygen atoms in total. The van der Waals surface area contributed by atoms with Gasteiger partial charge in [0.05, 0.1) is 0 Å². The van der Waals surface area contributed by atoms with Gasteiger partial charge in [0.2, 0.25) is 6.20 Å². The summed E-state index contributed by atoms with van der Waals surface area (Å²) < 4.78 is 6.27. The molecule has 54 valence electrons. The lowest BCUT2D eigenvalue weighted by Crippen LogP contribution is -2.32. The number of carboxylic acid groups (broad SMARTS) is 1. The maximum absolute atomic E-state index is 10.3. The van der Waals surface area contributed by atoms with Crippen molar-refractivity contribution in [1.29, 1.82) is 0 Å². The number of hydrogen-bond donors (Lipinski definition) is 1. The first-order valence-electron chi connectivity index (χ1n) is 2.80. The van der Waals surface area contributed by atoms with Gasteiger partial charge < -0.3 is 9.52 Å². The molecule has 1 N–H and O–H groups in total. The molecule has 1 rings (SSSR count). The average Bonchev–Trinajstić information content (AvgIpc) is 2.10. The predicted molar refractivity (Wildman–Crippen MR) is 31.6 cm³/mol. The van der Waals surface area contributed by atoms with Crippen LogP contribution in [0.5, 0.6) is 0 Å². The van der Waals surface area contributed by atoms with Crippen molar-refractivity contribution in [2.75, 3.05) is 0 Å². The first kappa shape index (κ1) is 6.80. The molecule has 0 fully saturated rings. The van der Waals surface area contributed by atoms with Crippen LogP contribution in [0.3, 0.4) is 0 Å². The van der Waals surface area contributed by atoms with Gasteiger partial charge in [-0.15, -0.1) is 0 Å². The highest BCUT2D eigenvalue weighted by atomic mass is 16.4. The molecular formula is C6H8NO3+. The van der Waals surface area contributed by atoms with E-state index in [4.69, 9.17) is 9.52 Å². The van der Waals surface area contributed by atoms with Gasteiger partial charge in [-0.05, 0) is 0 Å². The third-order valence-electron chi connectivity index (χ3n) is 1.14. The highest BCUT2D eigenvalue weighted by Gasteiger charge is 2.21. The molecule has 0 amide bonds. The number of oxazole rings is 1. The predicted octanol–water partition coefficient (Wildman–Crippen LogP) is 0.111. The summed E-state index contributed by atoms with van der Waals surface area (Å²) in [5.41, 5.74) is 0. The van der Waals surface area contributed by atoms with E-state index in [0.29, 0.717) is 5.76 Å². The highest BCUT2D eigenvalue weighted by molar-refractivity contribution is 5.80. The Morgan fingerprint density at radius 3 is 2.60 bits per heavy atom. The Morgan fingerprint density at radius 2 is 2.40 bits per heavy atom. The van der Waals surface area contributed by atoms with Crippen molar-refractivity contribution in [3.63, 3.8) is 0 Å². The van der Waals surface area contributed by atoms with Crippen LogP contribution in [-0.4, -0.2) is 11.1 Å². The molecule has 0 aliphatic heterocycles. The number of aromatic carboxylic acids is 1. The van der Waals surface area contributed by atoms with Gasteiger partial charge in [0.15, 0.2) is 5.76 Å². The molecule has 1 aromatic rings. The average molecular weight is 142 g/mol. The van der Waals surface area contributed by atoms with Gasteiger partial charge in [-0.25, -0.2) is 4.79 Å². The van der Waals surface area contributed by atoms with Crippen LogP contribution in [-0.2, 0) is 7.05 Å². The number of carbonyl (C=O) groups is 1. The lowest BCUT2D eigenvalue weighted by molar-refractivity contribution is -0.677. The smallest absolute Gasteiger partial charge is 0.461 e. The van der Waals surface area contributed by atoms with E-state index in [-0.39, 0.29) is 5.89 Å². The maximum Gasteiger partial charge on any atom is 0.461 e. The summed E-state index contributed by atoms with van der Waals surface area (Å²) in [6.45, 7) is 1.70. The molecule has 1 heterocycles. The maximum atomic E-state index is 10.3. The molecule has 0 aliphatic rings. The monoisotopic (exact) mass is 142 g/mol. The summed E-state index contributed by atoms with van der Waals surface area (Å²) in [4.78, 5) is 10.3. The molecule has 0 saturated heterocycles. The van der Waals surface area contributed by atoms with Crippen molar-refractivity contribution in [3.05, 3.63) is 17.8 Å². The Morgan fingerprint density at radius 1 is 1.80 bits per heavy atom. The molecule has 0 unspecified atom stereocenters. The third kappa shape index (κ3) is 1.00. The summed E-state index contributed by atoms with van der Waals surface area (Å²) in [5.74, 6) is -0.493. The molecule has 0 aliphatic carbocycles. The van der Waals surface area contributed by atoms with Crippen LogP contribution in [0.1, 0.15) is 16.4 Å². The Hall–Kier alpha value is -1.32. The molecule has 1 aromatic heterocycles. The lowest BCUT2D eigenvalue weighted by atomic mass is 10.6. The second kappa shape index (κ2) is 2.13.